The maximum absolute atomic E-state index is 11.3. The van der Waals surface area contributed by atoms with Crippen molar-refractivity contribution in [2.45, 2.75) is 0 Å². The average molecular weight is 215 g/mol. The summed E-state index contributed by atoms with van der Waals surface area (Å²) in [5.74, 6) is -0.137. The van der Waals surface area contributed by atoms with Crippen molar-refractivity contribution in [2.75, 3.05) is 19.0 Å². The number of carbonyl (C=O) groups is 1. The number of hydrogen-bond acceptors (Lipinski definition) is 2. The molecule has 1 amide bonds. The second-order valence-corrected chi connectivity index (χ2v) is 3.55. The van der Waals surface area contributed by atoms with Crippen LogP contribution in [0.25, 0.3) is 11.1 Å². The van der Waals surface area contributed by atoms with Gasteiger partial charge in [0.1, 0.15) is 6.61 Å². The first-order valence-corrected chi connectivity index (χ1v) is 5.07. The lowest BCUT2D eigenvalue weighted by atomic mass is 10.2. The Morgan fingerprint density at radius 3 is 2.38 bits per heavy atom. The summed E-state index contributed by atoms with van der Waals surface area (Å²) in [7, 11) is 1.50. The first-order chi connectivity index (χ1) is 7.79. The Hall–Kier alpha value is -1.87. The number of carbonyl (C=O) groups excluding carboxylic acids is 1. The summed E-state index contributed by atoms with van der Waals surface area (Å²) in [6.45, 7) is 0.0787. The summed E-state index contributed by atoms with van der Waals surface area (Å²) in [5, 5.41) is 2.78. The van der Waals surface area contributed by atoms with Crippen molar-refractivity contribution in [3.8, 4) is 11.1 Å². The van der Waals surface area contributed by atoms with Crippen LogP contribution < -0.4 is 5.32 Å². The fourth-order valence-corrected chi connectivity index (χ4v) is 1.62. The molecule has 0 atom stereocenters. The van der Waals surface area contributed by atoms with Gasteiger partial charge in [0.2, 0.25) is 5.91 Å². The van der Waals surface area contributed by atoms with Gasteiger partial charge >= 0.3 is 0 Å². The highest BCUT2D eigenvalue weighted by Crippen LogP contribution is 2.27. The van der Waals surface area contributed by atoms with Gasteiger partial charge in [-0.1, -0.05) is 30.3 Å². The summed E-state index contributed by atoms with van der Waals surface area (Å²) >= 11 is 0. The fourth-order valence-electron chi connectivity index (χ4n) is 1.62. The Morgan fingerprint density at radius 1 is 1.19 bits per heavy atom. The predicted octanol–water partition coefficient (Wildman–Crippen LogP) is 2.38. The highest BCUT2D eigenvalue weighted by atomic mass is 16.5. The number of ether oxygens (including phenoxy) is 1. The minimum atomic E-state index is -0.137. The molecule has 1 N–H and O–H groups in total. The van der Waals surface area contributed by atoms with Gasteiger partial charge in [0.25, 0.3) is 0 Å². The monoisotopic (exact) mass is 215 g/mol. The lowest BCUT2D eigenvalue weighted by Gasteiger charge is -1.99. The fraction of sp³-hybridized carbons (Fsp3) is 0.154. The third kappa shape index (κ3) is 2.38. The molecule has 3 nitrogen and oxygen atoms in total. The van der Waals surface area contributed by atoms with Gasteiger partial charge in [-0.15, -0.1) is 0 Å². The van der Waals surface area contributed by atoms with Crippen LogP contribution in [0, 0.1) is 0 Å². The standard InChI is InChI=1S/C13H13NO2/c1-16-9-13(15)14-12-7-10-5-3-2-4-6-11(10)8-12/h2-8H,9H2,1H3,(H,14,15). The minimum Gasteiger partial charge on any atom is -0.375 e. The van der Waals surface area contributed by atoms with Crippen molar-refractivity contribution in [1.82, 2.24) is 0 Å². The highest BCUT2D eigenvalue weighted by Gasteiger charge is 2.07. The van der Waals surface area contributed by atoms with Gasteiger partial charge < -0.3 is 10.1 Å². The molecule has 0 fully saturated rings. The van der Waals surface area contributed by atoms with E-state index in [1.807, 2.05) is 42.5 Å². The quantitative estimate of drug-likeness (QED) is 0.853. The molecule has 0 radical (unpaired) electrons. The van der Waals surface area contributed by atoms with Gasteiger partial charge in [-0.05, 0) is 23.3 Å². The largest absolute Gasteiger partial charge is 0.375 e. The van der Waals surface area contributed by atoms with Gasteiger partial charge in [-0.25, -0.2) is 0 Å². The third-order valence-corrected chi connectivity index (χ3v) is 2.29. The number of amides is 1. The summed E-state index contributed by atoms with van der Waals surface area (Å²) in [4.78, 5) is 11.3. The summed E-state index contributed by atoms with van der Waals surface area (Å²) in [6.07, 6.45) is 0. The predicted molar refractivity (Wildman–Crippen MR) is 63.6 cm³/mol. The normalized spacial score (nSPS) is 10.3. The number of methoxy groups -OCH3 is 1. The van der Waals surface area contributed by atoms with Crippen molar-refractivity contribution < 1.29 is 9.53 Å². The maximum Gasteiger partial charge on any atom is 0.250 e. The number of anilines is 1. The zero-order valence-corrected chi connectivity index (χ0v) is 9.07. The molecule has 82 valence electrons. The van der Waals surface area contributed by atoms with Crippen molar-refractivity contribution >= 4 is 11.6 Å². The molecular weight excluding hydrogens is 202 g/mol. The molecule has 0 saturated heterocycles. The van der Waals surface area contributed by atoms with Crippen LogP contribution in [0.2, 0.25) is 0 Å². The van der Waals surface area contributed by atoms with E-state index in [0.29, 0.717) is 0 Å². The SMILES string of the molecule is COCC(=O)Nc1cc2cccccc-2c1. The second kappa shape index (κ2) is 4.77. The molecule has 0 aromatic rings. The molecule has 0 saturated carbocycles. The first-order valence-electron chi connectivity index (χ1n) is 5.07. The Labute approximate surface area is 94.4 Å². The van der Waals surface area contributed by atoms with E-state index >= 15 is 0 Å². The van der Waals surface area contributed by atoms with E-state index in [1.54, 1.807) is 0 Å². The molecular formula is C13H13NO2. The highest BCUT2D eigenvalue weighted by molar-refractivity contribution is 5.94. The summed E-state index contributed by atoms with van der Waals surface area (Å²) in [5.41, 5.74) is 3.03. The van der Waals surface area contributed by atoms with Gasteiger partial charge in [0.05, 0.1) is 0 Å². The molecule has 0 heterocycles. The Balaban J connectivity index is 2.21. The van der Waals surface area contributed by atoms with E-state index in [9.17, 15) is 4.79 Å². The Kier molecular flexibility index (Phi) is 3.17. The zero-order chi connectivity index (χ0) is 11.4. The van der Waals surface area contributed by atoms with Crippen LogP contribution in [0.1, 0.15) is 0 Å². The lowest BCUT2D eigenvalue weighted by molar-refractivity contribution is -0.119. The van der Waals surface area contributed by atoms with Crippen LogP contribution in [-0.4, -0.2) is 19.6 Å². The molecule has 16 heavy (non-hydrogen) atoms. The molecule has 0 aromatic heterocycles. The Morgan fingerprint density at radius 2 is 1.81 bits per heavy atom. The van der Waals surface area contributed by atoms with E-state index in [-0.39, 0.29) is 12.5 Å². The zero-order valence-electron chi connectivity index (χ0n) is 9.07. The van der Waals surface area contributed by atoms with Crippen LogP contribution in [0.4, 0.5) is 5.69 Å². The summed E-state index contributed by atoms with van der Waals surface area (Å²) < 4.78 is 4.75. The molecule has 2 rings (SSSR count). The van der Waals surface area contributed by atoms with E-state index in [4.69, 9.17) is 4.74 Å². The molecule has 3 heteroatoms. The van der Waals surface area contributed by atoms with Crippen molar-refractivity contribution in [2.24, 2.45) is 0 Å². The van der Waals surface area contributed by atoms with Crippen LogP contribution >= 0.6 is 0 Å². The number of rotatable bonds is 3. The molecule has 2 aliphatic carbocycles. The maximum atomic E-state index is 11.3. The topological polar surface area (TPSA) is 38.3 Å². The number of hydrogen-bond donors (Lipinski definition) is 1. The van der Waals surface area contributed by atoms with Crippen molar-refractivity contribution in [1.29, 1.82) is 0 Å². The van der Waals surface area contributed by atoms with E-state index in [0.717, 1.165) is 16.8 Å². The van der Waals surface area contributed by atoms with Gasteiger partial charge in [-0.3, -0.25) is 4.79 Å². The Bertz CT molecular complexity index is 437. The van der Waals surface area contributed by atoms with Crippen molar-refractivity contribution in [3.63, 3.8) is 0 Å². The molecule has 0 unspecified atom stereocenters. The van der Waals surface area contributed by atoms with Crippen LogP contribution in [0.3, 0.4) is 0 Å². The van der Waals surface area contributed by atoms with Crippen molar-refractivity contribution in [3.05, 3.63) is 42.5 Å². The second-order valence-electron chi connectivity index (χ2n) is 3.55. The van der Waals surface area contributed by atoms with E-state index in [1.165, 1.54) is 7.11 Å². The van der Waals surface area contributed by atoms with Crippen LogP contribution in [0.5, 0.6) is 0 Å². The lowest BCUT2D eigenvalue weighted by Crippen LogP contribution is -2.16. The number of fused-ring (bicyclic) bond motifs is 1. The molecule has 0 aromatic carbocycles. The van der Waals surface area contributed by atoms with Crippen LogP contribution in [-0.2, 0) is 9.53 Å². The smallest absolute Gasteiger partial charge is 0.250 e. The average Bonchev–Trinajstić information content (AvgIpc) is 2.48. The first kappa shape index (κ1) is 10.6. The summed E-state index contributed by atoms with van der Waals surface area (Å²) in [6, 6.07) is 13.9. The number of nitrogens with one attached hydrogen (secondary N) is 1. The van der Waals surface area contributed by atoms with Gasteiger partial charge in [0, 0.05) is 12.8 Å². The van der Waals surface area contributed by atoms with Gasteiger partial charge in [0.15, 0.2) is 0 Å². The van der Waals surface area contributed by atoms with Crippen LogP contribution in [0.15, 0.2) is 42.5 Å². The van der Waals surface area contributed by atoms with E-state index < -0.39 is 0 Å². The molecule has 0 aliphatic heterocycles. The molecule has 0 bridgehead atoms. The van der Waals surface area contributed by atoms with E-state index in [2.05, 4.69) is 5.32 Å². The minimum absolute atomic E-state index is 0.0787. The molecule has 0 spiro atoms. The molecule has 2 aliphatic rings. The third-order valence-electron chi connectivity index (χ3n) is 2.29. The van der Waals surface area contributed by atoms with Gasteiger partial charge in [-0.2, -0.15) is 0 Å².